The molecule has 0 atom stereocenters. The van der Waals surface area contributed by atoms with Crippen LogP contribution in [0.3, 0.4) is 0 Å². The third-order valence-corrected chi connectivity index (χ3v) is 3.18. The summed E-state index contributed by atoms with van der Waals surface area (Å²) in [5.74, 6) is -0.262. The Morgan fingerprint density at radius 1 is 1.29 bits per heavy atom. The Morgan fingerprint density at radius 2 is 1.95 bits per heavy atom. The number of amides is 3. The van der Waals surface area contributed by atoms with Crippen LogP contribution in [0.1, 0.15) is 0 Å². The number of thioether (sulfide) groups is 1. The van der Waals surface area contributed by atoms with Crippen molar-refractivity contribution in [1.29, 1.82) is 0 Å². The Hall–Kier alpha value is -1.90. The number of carbonyl (C=O) groups is 2. The summed E-state index contributed by atoms with van der Waals surface area (Å²) in [6, 6.07) is 5.75. The van der Waals surface area contributed by atoms with Crippen LogP contribution in [0.2, 0.25) is 0 Å². The molecule has 0 radical (unpaired) electrons. The summed E-state index contributed by atoms with van der Waals surface area (Å²) in [7, 11) is 1.48. The highest BCUT2D eigenvalue weighted by Crippen LogP contribution is 2.28. The van der Waals surface area contributed by atoms with Gasteiger partial charge in [-0.05, 0) is 12.1 Å². The van der Waals surface area contributed by atoms with Crippen molar-refractivity contribution in [3.63, 3.8) is 0 Å². The molecule has 0 aliphatic heterocycles. The summed E-state index contributed by atoms with van der Waals surface area (Å²) < 4.78 is 40.7. The number of halogens is 3. The molecule has 5 nitrogen and oxygen atoms in total. The van der Waals surface area contributed by atoms with E-state index in [1.807, 2.05) is 5.32 Å². The molecule has 2 N–H and O–H groups in total. The predicted octanol–water partition coefficient (Wildman–Crippen LogP) is 2.18. The Labute approximate surface area is 123 Å². The Bertz CT molecular complexity index is 509. The lowest BCUT2D eigenvalue weighted by Crippen LogP contribution is -2.43. The summed E-state index contributed by atoms with van der Waals surface area (Å²) in [6.45, 7) is -1.49. The fourth-order valence-electron chi connectivity index (χ4n) is 1.27. The van der Waals surface area contributed by atoms with E-state index < -0.39 is 24.7 Å². The van der Waals surface area contributed by atoms with Gasteiger partial charge in [0.1, 0.15) is 12.3 Å². The van der Waals surface area contributed by atoms with E-state index in [0.29, 0.717) is 10.6 Å². The van der Waals surface area contributed by atoms with Gasteiger partial charge in [-0.1, -0.05) is 12.1 Å². The van der Waals surface area contributed by atoms with Crippen LogP contribution in [0.5, 0.6) is 5.75 Å². The number of carbonyl (C=O) groups excluding carboxylic acids is 2. The van der Waals surface area contributed by atoms with Crippen LogP contribution >= 0.6 is 11.8 Å². The van der Waals surface area contributed by atoms with Gasteiger partial charge in [-0.15, -0.1) is 11.8 Å². The monoisotopic (exact) mass is 322 g/mol. The second-order valence-corrected chi connectivity index (χ2v) is 4.80. The van der Waals surface area contributed by atoms with E-state index in [9.17, 15) is 22.8 Å². The van der Waals surface area contributed by atoms with E-state index in [1.165, 1.54) is 7.11 Å². The summed E-state index contributed by atoms with van der Waals surface area (Å²) in [4.78, 5) is 23.2. The highest BCUT2D eigenvalue weighted by molar-refractivity contribution is 8.00. The molecule has 1 aromatic rings. The van der Waals surface area contributed by atoms with Crippen LogP contribution in [-0.2, 0) is 4.79 Å². The lowest BCUT2D eigenvalue weighted by Gasteiger charge is -2.09. The van der Waals surface area contributed by atoms with Crippen molar-refractivity contribution in [2.24, 2.45) is 0 Å². The molecule has 0 unspecified atom stereocenters. The van der Waals surface area contributed by atoms with Crippen LogP contribution in [0.15, 0.2) is 29.2 Å². The van der Waals surface area contributed by atoms with Crippen molar-refractivity contribution in [1.82, 2.24) is 10.6 Å². The van der Waals surface area contributed by atoms with Crippen molar-refractivity contribution < 1.29 is 27.5 Å². The largest absolute Gasteiger partial charge is 0.496 e. The van der Waals surface area contributed by atoms with Gasteiger partial charge in [-0.3, -0.25) is 10.1 Å². The zero-order valence-electron chi connectivity index (χ0n) is 11.0. The molecule has 0 saturated carbocycles. The summed E-state index contributed by atoms with van der Waals surface area (Å²) in [5, 5.41) is 3.35. The first-order valence-corrected chi connectivity index (χ1v) is 6.70. The van der Waals surface area contributed by atoms with Crippen molar-refractivity contribution >= 4 is 23.7 Å². The molecule has 0 heterocycles. The number of ether oxygens (including phenoxy) is 1. The first-order chi connectivity index (χ1) is 9.81. The molecule has 1 aromatic carbocycles. The molecule has 0 aliphatic rings. The molecule has 3 amide bonds. The molecule has 21 heavy (non-hydrogen) atoms. The smallest absolute Gasteiger partial charge is 0.405 e. The second kappa shape index (κ2) is 7.77. The molecule has 1 rings (SSSR count). The average molecular weight is 322 g/mol. The van der Waals surface area contributed by atoms with Crippen molar-refractivity contribution in [3.8, 4) is 5.75 Å². The number of alkyl halides is 3. The van der Waals surface area contributed by atoms with Gasteiger partial charge in [0.05, 0.1) is 12.9 Å². The van der Waals surface area contributed by atoms with Crippen LogP contribution in [0, 0.1) is 0 Å². The molecule has 0 bridgehead atoms. The van der Waals surface area contributed by atoms with Gasteiger partial charge in [0.25, 0.3) is 0 Å². The molecule has 116 valence electrons. The van der Waals surface area contributed by atoms with Crippen LogP contribution in [-0.4, -0.2) is 37.5 Å². The minimum atomic E-state index is -4.52. The second-order valence-electron chi connectivity index (χ2n) is 3.79. The number of benzene rings is 1. The molecule has 0 spiro atoms. The first kappa shape index (κ1) is 17.2. The zero-order chi connectivity index (χ0) is 15.9. The lowest BCUT2D eigenvalue weighted by molar-refractivity contribution is -0.124. The lowest BCUT2D eigenvalue weighted by atomic mass is 10.3. The quantitative estimate of drug-likeness (QED) is 0.816. The summed E-state index contributed by atoms with van der Waals surface area (Å²) >= 11 is 1.11. The van der Waals surface area contributed by atoms with E-state index >= 15 is 0 Å². The fraction of sp³-hybridized carbons (Fsp3) is 0.333. The maximum atomic E-state index is 11.9. The van der Waals surface area contributed by atoms with E-state index in [0.717, 1.165) is 11.8 Å². The van der Waals surface area contributed by atoms with E-state index in [2.05, 4.69) is 0 Å². The predicted molar refractivity (Wildman–Crippen MR) is 71.3 cm³/mol. The number of nitrogens with one attached hydrogen (secondary N) is 2. The first-order valence-electron chi connectivity index (χ1n) is 5.72. The fourth-order valence-corrected chi connectivity index (χ4v) is 2.10. The highest BCUT2D eigenvalue weighted by atomic mass is 32.2. The maximum absolute atomic E-state index is 11.9. The van der Waals surface area contributed by atoms with Crippen LogP contribution in [0.4, 0.5) is 18.0 Å². The van der Waals surface area contributed by atoms with Gasteiger partial charge < -0.3 is 10.1 Å². The average Bonchev–Trinajstić information content (AvgIpc) is 2.42. The van der Waals surface area contributed by atoms with Gasteiger partial charge in [-0.25, -0.2) is 4.79 Å². The van der Waals surface area contributed by atoms with E-state index in [4.69, 9.17) is 4.74 Å². The van der Waals surface area contributed by atoms with Crippen LogP contribution in [0.25, 0.3) is 0 Å². The van der Waals surface area contributed by atoms with Gasteiger partial charge in [0.2, 0.25) is 5.91 Å². The molecule has 0 aromatic heterocycles. The van der Waals surface area contributed by atoms with Gasteiger partial charge in [0.15, 0.2) is 0 Å². The number of rotatable bonds is 5. The Morgan fingerprint density at radius 3 is 2.57 bits per heavy atom. The van der Waals surface area contributed by atoms with Gasteiger partial charge >= 0.3 is 12.2 Å². The topological polar surface area (TPSA) is 67.4 Å². The van der Waals surface area contributed by atoms with Gasteiger partial charge in [0, 0.05) is 4.90 Å². The summed E-state index contributed by atoms with van der Waals surface area (Å²) in [6.07, 6.45) is -4.52. The Kier molecular flexibility index (Phi) is 6.35. The molecule has 0 saturated heterocycles. The normalized spacial score (nSPS) is 10.9. The highest BCUT2D eigenvalue weighted by Gasteiger charge is 2.27. The number of urea groups is 1. The SMILES string of the molecule is COc1ccccc1SCC(=O)NC(=O)NCC(F)(F)F. The van der Waals surface area contributed by atoms with Crippen molar-refractivity contribution in [3.05, 3.63) is 24.3 Å². The molecule has 9 heteroatoms. The Balaban J connectivity index is 2.39. The number of imide groups is 1. The van der Waals surface area contributed by atoms with E-state index in [-0.39, 0.29) is 5.75 Å². The number of methoxy groups -OCH3 is 1. The molecule has 0 fully saturated rings. The number of hydrogen-bond donors (Lipinski definition) is 2. The third kappa shape index (κ3) is 6.89. The van der Waals surface area contributed by atoms with Crippen molar-refractivity contribution in [2.45, 2.75) is 11.1 Å². The van der Waals surface area contributed by atoms with Crippen LogP contribution < -0.4 is 15.4 Å². The molecular formula is C12H13F3N2O3S. The number of hydrogen-bond acceptors (Lipinski definition) is 4. The molecular weight excluding hydrogens is 309 g/mol. The standard InChI is InChI=1S/C12H13F3N2O3S/c1-20-8-4-2-3-5-9(8)21-6-10(18)17-11(19)16-7-12(13,14)15/h2-5H,6-7H2,1H3,(H2,16,17,18,19). The molecule has 0 aliphatic carbocycles. The third-order valence-electron chi connectivity index (χ3n) is 2.13. The summed E-state index contributed by atoms with van der Waals surface area (Å²) in [5.41, 5.74) is 0. The van der Waals surface area contributed by atoms with Gasteiger partial charge in [-0.2, -0.15) is 13.2 Å². The van der Waals surface area contributed by atoms with E-state index in [1.54, 1.807) is 29.6 Å². The minimum Gasteiger partial charge on any atom is -0.496 e. The van der Waals surface area contributed by atoms with Crippen molar-refractivity contribution in [2.75, 3.05) is 19.4 Å². The zero-order valence-corrected chi connectivity index (χ0v) is 11.8. The maximum Gasteiger partial charge on any atom is 0.405 e. The minimum absolute atomic E-state index is 0.125. The number of para-hydroxylation sites is 1.